The largest absolute Gasteiger partial charge is 1.00 e. The molecule has 0 spiro atoms. The molecule has 0 saturated heterocycles. The second kappa shape index (κ2) is 17.9. The minimum atomic E-state index is -0.195. The van der Waals surface area contributed by atoms with Crippen molar-refractivity contribution in [1.29, 1.82) is 0 Å². The molecule has 3 rings (SSSR count). The Bertz CT molecular complexity index is 1080. The van der Waals surface area contributed by atoms with Crippen molar-refractivity contribution >= 4 is 24.2 Å². The van der Waals surface area contributed by atoms with Crippen LogP contribution in [0.2, 0.25) is 0 Å². The molecule has 0 bridgehead atoms. The topological polar surface area (TPSA) is 101 Å². The van der Waals surface area contributed by atoms with Crippen LogP contribution in [-0.2, 0) is 35.8 Å². The van der Waals surface area contributed by atoms with E-state index in [-0.39, 0.29) is 49.7 Å². The van der Waals surface area contributed by atoms with Gasteiger partial charge in [-0.3, -0.25) is 9.59 Å². The Labute approximate surface area is 236 Å². The summed E-state index contributed by atoms with van der Waals surface area (Å²) in [5.41, 5.74) is 6.76. The lowest BCUT2D eigenvalue weighted by molar-refractivity contribution is -0.684. The third-order valence-corrected chi connectivity index (χ3v) is 5.43. The van der Waals surface area contributed by atoms with Crippen LogP contribution in [0.5, 0.6) is 0 Å². The fraction of sp³-hybridized carbons (Fsp3) is 0.385. The van der Waals surface area contributed by atoms with E-state index in [1.165, 1.54) is 0 Å². The summed E-state index contributed by atoms with van der Waals surface area (Å²) in [6.07, 6.45) is 19.2. The Balaban J connectivity index is 0.00000361. The van der Waals surface area contributed by atoms with Crippen LogP contribution < -0.4 is 44.8 Å². The molecule has 0 unspecified atom stereocenters. The van der Waals surface area contributed by atoms with Gasteiger partial charge in [0.05, 0.1) is 25.5 Å². The fourth-order valence-corrected chi connectivity index (χ4v) is 3.44. The van der Waals surface area contributed by atoms with Crippen LogP contribution in [0.1, 0.15) is 50.7 Å². The summed E-state index contributed by atoms with van der Waals surface area (Å²) in [6, 6.07) is 7.43. The molecule has 2 aromatic heterocycles. The van der Waals surface area contributed by atoms with Crippen LogP contribution in [-0.4, -0.2) is 33.4 Å². The average molecular weight is 564 g/mol. The van der Waals surface area contributed by atoms with Crippen LogP contribution >= 0.6 is 0 Å². The predicted molar refractivity (Wildman–Crippen MR) is 137 cm³/mol. The van der Waals surface area contributed by atoms with Crippen molar-refractivity contribution in [2.24, 2.45) is 10.2 Å². The lowest BCUT2D eigenvalue weighted by atomic mass is 10.2. The molecule has 0 saturated carbocycles. The zero-order valence-electron chi connectivity index (χ0n) is 21.8. The van der Waals surface area contributed by atoms with Crippen molar-refractivity contribution in [1.82, 2.24) is 20.0 Å². The van der Waals surface area contributed by atoms with E-state index in [4.69, 9.17) is 0 Å². The molecule has 0 fully saturated rings. The summed E-state index contributed by atoms with van der Waals surface area (Å²) in [7, 11) is 0. The lowest BCUT2D eigenvalue weighted by Gasteiger charge is -1.99. The highest BCUT2D eigenvalue weighted by Gasteiger charge is 2.09. The minimum Gasteiger partial charge on any atom is -1.00 e. The summed E-state index contributed by atoms with van der Waals surface area (Å²) in [5, 5.41) is 8.06. The number of hydrogen-bond donors (Lipinski definition) is 2. The van der Waals surface area contributed by atoms with Crippen molar-refractivity contribution in [3.63, 3.8) is 0 Å². The Hall–Kier alpha value is -3.50. The molecule has 0 aliphatic rings. The summed E-state index contributed by atoms with van der Waals surface area (Å²) in [6.45, 7) is 6.62. The highest BCUT2D eigenvalue weighted by molar-refractivity contribution is 5.85. The molecular weight excluding hydrogens is 527 g/mol. The van der Waals surface area contributed by atoms with Gasteiger partial charge in [0.1, 0.15) is 24.8 Å². The number of hydrazone groups is 2. The molecule has 0 atom stereocenters. The molecule has 1 aromatic carbocycles. The Morgan fingerprint density at radius 1 is 0.763 bits per heavy atom. The number of carbonyl (C=O) groups is 2. The first-order valence-electron chi connectivity index (χ1n) is 12.4. The first-order chi connectivity index (χ1) is 17.6. The maximum Gasteiger partial charge on any atom is 0.282 e. The first-order valence-corrected chi connectivity index (χ1v) is 12.4. The maximum absolute atomic E-state index is 12.1. The number of carbonyl (C=O) groups excluding carboxylic acids is 2. The number of halogens is 2. The van der Waals surface area contributed by atoms with E-state index in [1.807, 2.05) is 70.8 Å². The highest BCUT2D eigenvalue weighted by Crippen LogP contribution is 2.00. The van der Waals surface area contributed by atoms with Crippen LogP contribution in [0, 0.1) is 0 Å². The van der Waals surface area contributed by atoms with Gasteiger partial charge < -0.3 is 24.8 Å². The number of nitrogens with one attached hydrogen (secondary N) is 2. The van der Waals surface area contributed by atoms with E-state index in [2.05, 4.69) is 44.0 Å². The molecule has 10 nitrogen and oxygen atoms in total. The molecule has 38 heavy (non-hydrogen) atoms. The van der Waals surface area contributed by atoms with Gasteiger partial charge in [0.25, 0.3) is 11.8 Å². The maximum atomic E-state index is 12.1. The molecule has 0 aliphatic carbocycles. The van der Waals surface area contributed by atoms with E-state index < -0.39 is 0 Å². The quantitative estimate of drug-likeness (QED) is 0.118. The number of hydrogen-bond acceptors (Lipinski definition) is 4. The number of nitrogens with zero attached hydrogens (tertiary/aromatic N) is 6. The van der Waals surface area contributed by atoms with Gasteiger partial charge in [-0.1, -0.05) is 51.0 Å². The molecule has 2 heterocycles. The number of aryl methyl sites for hydroxylation is 2. The van der Waals surface area contributed by atoms with E-state index in [0.29, 0.717) is 0 Å². The van der Waals surface area contributed by atoms with Crippen LogP contribution in [0.15, 0.2) is 71.9 Å². The third kappa shape index (κ3) is 11.7. The minimum absolute atomic E-state index is 0. The number of rotatable bonds is 14. The van der Waals surface area contributed by atoms with Crippen molar-refractivity contribution in [2.45, 2.75) is 65.7 Å². The first kappa shape index (κ1) is 32.5. The Morgan fingerprint density at radius 3 is 1.53 bits per heavy atom. The lowest BCUT2D eigenvalue weighted by Crippen LogP contribution is -3.00. The zero-order valence-corrected chi connectivity index (χ0v) is 23.4. The van der Waals surface area contributed by atoms with Gasteiger partial charge in [0.2, 0.25) is 12.7 Å². The smallest absolute Gasteiger partial charge is 0.282 e. The highest BCUT2D eigenvalue weighted by atomic mass is 35.5. The Kier molecular flexibility index (Phi) is 15.3. The van der Waals surface area contributed by atoms with Crippen LogP contribution in [0.3, 0.4) is 0 Å². The second-order valence-corrected chi connectivity index (χ2v) is 8.61. The van der Waals surface area contributed by atoms with E-state index in [9.17, 15) is 9.59 Å². The van der Waals surface area contributed by atoms with Gasteiger partial charge in [0, 0.05) is 0 Å². The number of aromatic nitrogens is 4. The number of amides is 2. The Morgan fingerprint density at radius 2 is 1.16 bits per heavy atom. The summed E-state index contributed by atoms with van der Waals surface area (Å²) in [4.78, 5) is 24.2. The molecule has 0 aliphatic heterocycles. The summed E-state index contributed by atoms with van der Waals surface area (Å²) < 4.78 is 7.80. The number of unbranched alkanes of at least 4 members (excludes halogenated alkanes) is 2. The molecule has 3 aromatic rings. The normalized spacial score (nSPS) is 10.8. The molecule has 12 heteroatoms. The van der Waals surface area contributed by atoms with Crippen molar-refractivity contribution < 1.29 is 43.5 Å². The molecule has 0 radical (unpaired) electrons. The SMILES string of the molecule is CCCCn1cc[n+](CC(=O)NN=Cc2ccc(C=NNC(=O)C[n+]3ccn(CCCC)c3)cc2)c1.[Cl-].[Cl-]. The van der Waals surface area contributed by atoms with Gasteiger partial charge in [0.15, 0.2) is 13.1 Å². The van der Waals surface area contributed by atoms with E-state index in [0.717, 1.165) is 49.9 Å². The zero-order chi connectivity index (χ0) is 25.6. The van der Waals surface area contributed by atoms with Gasteiger partial charge in [-0.15, -0.1) is 0 Å². The monoisotopic (exact) mass is 562 g/mol. The standard InChI is InChI=1S/C26H34N8O2.2ClH/c1-3-5-11-31-13-15-33(21-31)19-25(35)29-27-17-23-7-9-24(10-8-23)18-28-30-26(36)20-34-16-14-32(22-34)12-6-4-2;;/h7-10,13-18,21-22H,3-6,11-12,19-20H2,1-2H3;2*1H. The molecular formula is C26H36Cl2N8O2. The van der Waals surface area contributed by atoms with Crippen LogP contribution in [0.25, 0.3) is 0 Å². The van der Waals surface area contributed by atoms with Crippen molar-refractivity contribution in [3.8, 4) is 0 Å². The van der Waals surface area contributed by atoms with Crippen molar-refractivity contribution in [2.75, 3.05) is 0 Å². The average Bonchev–Trinajstić information content (AvgIpc) is 3.51. The van der Waals surface area contributed by atoms with Crippen LogP contribution in [0.4, 0.5) is 0 Å². The molecule has 2 N–H and O–H groups in total. The van der Waals surface area contributed by atoms with Gasteiger partial charge in [-0.2, -0.15) is 10.2 Å². The third-order valence-electron chi connectivity index (χ3n) is 5.43. The predicted octanol–water partition coefficient (Wildman–Crippen LogP) is -4.23. The summed E-state index contributed by atoms with van der Waals surface area (Å²) in [5.74, 6) is -0.389. The number of benzene rings is 1. The fourth-order valence-electron chi connectivity index (χ4n) is 3.44. The van der Waals surface area contributed by atoms with Gasteiger partial charge in [-0.25, -0.2) is 29.1 Å². The van der Waals surface area contributed by atoms with E-state index in [1.54, 1.807) is 12.4 Å². The summed E-state index contributed by atoms with van der Waals surface area (Å²) >= 11 is 0. The number of imidazole rings is 2. The van der Waals surface area contributed by atoms with Gasteiger partial charge >= 0.3 is 0 Å². The molecule has 206 valence electrons. The molecule has 2 amide bonds. The van der Waals surface area contributed by atoms with E-state index >= 15 is 0 Å². The second-order valence-electron chi connectivity index (χ2n) is 8.61. The van der Waals surface area contributed by atoms with Crippen molar-refractivity contribution in [3.05, 3.63) is 72.8 Å². The van der Waals surface area contributed by atoms with Gasteiger partial charge in [-0.05, 0) is 24.0 Å².